The van der Waals surface area contributed by atoms with Crippen molar-refractivity contribution in [2.75, 3.05) is 25.7 Å². The molecule has 0 unspecified atom stereocenters. The Hall–Kier alpha value is -5.01. The maximum absolute atomic E-state index is 13.8. The Labute approximate surface area is 285 Å². The van der Waals surface area contributed by atoms with Gasteiger partial charge in [-0.25, -0.2) is 9.97 Å². The summed E-state index contributed by atoms with van der Waals surface area (Å²) in [5.74, 6) is 0.198. The first-order valence-corrected chi connectivity index (χ1v) is 15.4. The van der Waals surface area contributed by atoms with Crippen molar-refractivity contribution in [1.29, 1.82) is 0 Å². The molecule has 0 saturated heterocycles. The van der Waals surface area contributed by atoms with E-state index in [1.54, 1.807) is 18.2 Å². The number of aliphatic carboxylic acids is 1. The molecular weight excluding hydrogens is 668 g/mol. The molecule has 0 bridgehead atoms. The zero-order valence-electron chi connectivity index (χ0n) is 28.1. The largest absolute Gasteiger partial charge is 0.497 e. The van der Waals surface area contributed by atoms with E-state index in [0.717, 1.165) is 5.56 Å². The molecule has 0 aliphatic carbocycles. The van der Waals surface area contributed by atoms with Gasteiger partial charge in [-0.05, 0) is 76.6 Å². The molecule has 0 aliphatic rings. The van der Waals surface area contributed by atoms with E-state index in [9.17, 15) is 31.1 Å². The van der Waals surface area contributed by atoms with Crippen molar-refractivity contribution in [2.45, 2.75) is 64.5 Å². The van der Waals surface area contributed by atoms with E-state index in [0.29, 0.717) is 40.3 Å². The topological polar surface area (TPSA) is 94.0 Å². The summed E-state index contributed by atoms with van der Waals surface area (Å²) in [6.45, 7) is 5.70. The van der Waals surface area contributed by atoms with Crippen LogP contribution in [0.1, 0.15) is 61.4 Å². The van der Waals surface area contributed by atoms with Gasteiger partial charge < -0.3 is 24.2 Å². The number of carboxylic acids is 1. The standard InChI is InChI=1S/C36H37F6N3O5/c1-34(2,3)24-8-11-31(49-5)30(17-24)29-10-9-27(48-4)15-23(29)21-45(33-43-18-28(19-44-33)50-12-6-7-32(46)47)20-22-13-25(35(37,38)39)16-26(14-22)36(40,41)42/h8-11,13-19H,6-7,12,20-21H2,1-5H3,(H,46,47). The van der Waals surface area contributed by atoms with Crippen molar-refractivity contribution in [1.82, 2.24) is 9.97 Å². The molecule has 268 valence electrons. The third-order valence-electron chi connectivity index (χ3n) is 7.75. The summed E-state index contributed by atoms with van der Waals surface area (Å²) in [5, 5.41) is 8.85. The maximum Gasteiger partial charge on any atom is 0.416 e. The van der Waals surface area contributed by atoms with Crippen LogP contribution in [0.5, 0.6) is 17.2 Å². The smallest absolute Gasteiger partial charge is 0.416 e. The molecule has 0 atom stereocenters. The van der Waals surface area contributed by atoms with Gasteiger partial charge in [-0.3, -0.25) is 4.79 Å². The van der Waals surface area contributed by atoms with Crippen LogP contribution in [0.15, 0.2) is 67.0 Å². The van der Waals surface area contributed by atoms with E-state index in [1.165, 1.54) is 31.5 Å². The van der Waals surface area contributed by atoms with Crippen LogP contribution in [-0.2, 0) is 35.7 Å². The predicted molar refractivity (Wildman–Crippen MR) is 174 cm³/mol. The van der Waals surface area contributed by atoms with Crippen molar-refractivity contribution < 1.29 is 50.5 Å². The van der Waals surface area contributed by atoms with E-state index in [4.69, 9.17) is 19.3 Å². The number of carboxylic acid groups (broad SMARTS) is 1. The minimum atomic E-state index is -5.04. The van der Waals surface area contributed by atoms with Gasteiger partial charge in [0.2, 0.25) is 5.95 Å². The second-order valence-corrected chi connectivity index (χ2v) is 12.5. The molecule has 8 nitrogen and oxygen atoms in total. The molecule has 1 heterocycles. The molecule has 0 saturated carbocycles. The Morgan fingerprint density at radius 1 is 0.760 bits per heavy atom. The number of nitrogens with zero attached hydrogens (tertiary/aromatic N) is 3. The zero-order chi connectivity index (χ0) is 36.9. The van der Waals surface area contributed by atoms with Crippen LogP contribution < -0.4 is 19.1 Å². The van der Waals surface area contributed by atoms with Crippen LogP contribution in [0.4, 0.5) is 32.3 Å². The molecular formula is C36H37F6N3O5. The molecule has 50 heavy (non-hydrogen) atoms. The Kier molecular flexibility index (Phi) is 11.5. The summed E-state index contributed by atoms with van der Waals surface area (Å²) in [5.41, 5.74) is -0.420. The highest BCUT2D eigenvalue weighted by atomic mass is 19.4. The summed E-state index contributed by atoms with van der Waals surface area (Å²) < 4.78 is 99.5. The average molecular weight is 706 g/mol. The highest BCUT2D eigenvalue weighted by Gasteiger charge is 2.37. The van der Waals surface area contributed by atoms with Crippen molar-refractivity contribution >= 4 is 11.9 Å². The summed E-state index contributed by atoms with van der Waals surface area (Å²) >= 11 is 0. The molecule has 0 fully saturated rings. The average Bonchev–Trinajstić information content (AvgIpc) is 3.05. The first kappa shape index (κ1) is 37.8. The summed E-state index contributed by atoms with van der Waals surface area (Å²) in [6, 6.07) is 12.4. The Balaban J connectivity index is 1.84. The zero-order valence-corrected chi connectivity index (χ0v) is 28.1. The number of benzene rings is 3. The molecule has 3 aromatic carbocycles. The second-order valence-electron chi connectivity index (χ2n) is 12.5. The third kappa shape index (κ3) is 9.79. The lowest BCUT2D eigenvalue weighted by Crippen LogP contribution is -2.25. The van der Waals surface area contributed by atoms with Crippen molar-refractivity contribution in [3.8, 4) is 28.4 Å². The van der Waals surface area contributed by atoms with Crippen LogP contribution in [-0.4, -0.2) is 41.9 Å². The molecule has 4 aromatic rings. The Morgan fingerprint density at radius 2 is 1.40 bits per heavy atom. The number of anilines is 1. The minimum Gasteiger partial charge on any atom is -0.497 e. The van der Waals surface area contributed by atoms with E-state index < -0.39 is 36.0 Å². The lowest BCUT2D eigenvalue weighted by molar-refractivity contribution is -0.143. The van der Waals surface area contributed by atoms with Gasteiger partial charge in [-0.1, -0.05) is 32.9 Å². The fourth-order valence-corrected chi connectivity index (χ4v) is 5.17. The molecule has 0 radical (unpaired) electrons. The van der Waals surface area contributed by atoms with Gasteiger partial charge in [0, 0.05) is 25.1 Å². The number of carbonyl (C=O) groups is 1. The SMILES string of the molecule is COc1ccc(-c2cc(C(C)(C)C)ccc2OC)c(CN(Cc2cc(C(F)(F)F)cc(C(F)(F)F)c2)c2ncc(OCCCC(=O)O)cn2)c1. The molecule has 14 heteroatoms. The third-order valence-corrected chi connectivity index (χ3v) is 7.75. The predicted octanol–water partition coefficient (Wildman–Crippen LogP) is 8.95. The normalized spacial score (nSPS) is 12.1. The van der Waals surface area contributed by atoms with Gasteiger partial charge in [0.25, 0.3) is 0 Å². The second kappa shape index (κ2) is 15.3. The molecule has 1 aromatic heterocycles. The fraction of sp³-hybridized carbons (Fsp3) is 0.361. The quantitative estimate of drug-likeness (QED) is 0.109. The van der Waals surface area contributed by atoms with Crippen LogP contribution in [0.2, 0.25) is 0 Å². The number of halogens is 6. The minimum absolute atomic E-state index is 0.0157. The summed E-state index contributed by atoms with van der Waals surface area (Å²) in [7, 11) is 2.99. The maximum atomic E-state index is 13.8. The van der Waals surface area contributed by atoms with E-state index in [2.05, 4.69) is 30.7 Å². The summed E-state index contributed by atoms with van der Waals surface area (Å²) in [6.07, 6.45) is -7.37. The van der Waals surface area contributed by atoms with Gasteiger partial charge >= 0.3 is 18.3 Å². The van der Waals surface area contributed by atoms with Crippen LogP contribution in [0.25, 0.3) is 11.1 Å². The number of aromatic nitrogens is 2. The molecule has 4 rings (SSSR count). The van der Waals surface area contributed by atoms with E-state index in [-0.39, 0.29) is 54.7 Å². The van der Waals surface area contributed by atoms with Gasteiger partial charge in [-0.15, -0.1) is 0 Å². The lowest BCUT2D eigenvalue weighted by Gasteiger charge is -2.26. The van der Waals surface area contributed by atoms with Crippen molar-refractivity contribution in [2.24, 2.45) is 0 Å². The lowest BCUT2D eigenvalue weighted by atomic mass is 9.84. The number of hydrogen-bond donors (Lipinski definition) is 1. The van der Waals surface area contributed by atoms with E-state index in [1.807, 2.05) is 18.2 Å². The van der Waals surface area contributed by atoms with Gasteiger partial charge in [0.05, 0.1) is 44.3 Å². The van der Waals surface area contributed by atoms with Crippen molar-refractivity contribution in [3.63, 3.8) is 0 Å². The fourth-order valence-electron chi connectivity index (χ4n) is 5.17. The Bertz CT molecular complexity index is 1760. The molecule has 0 spiro atoms. The molecule has 0 aliphatic heterocycles. The van der Waals surface area contributed by atoms with Crippen LogP contribution in [0, 0.1) is 0 Å². The first-order chi connectivity index (χ1) is 23.4. The summed E-state index contributed by atoms with van der Waals surface area (Å²) in [4.78, 5) is 20.9. The Morgan fingerprint density at radius 3 is 1.94 bits per heavy atom. The van der Waals surface area contributed by atoms with Gasteiger partial charge in [-0.2, -0.15) is 26.3 Å². The monoisotopic (exact) mass is 705 g/mol. The number of methoxy groups -OCH3 is 2. The van der Waals surface area contributed by atoms with Crippen LogP contribution >= 0.6 is 0 Å². The number of ether oxygens (including phenoxy) is 3. The van der Waals surface area contributed by atoms with Gasteiger partial charge in [0.15, 0.2) is 5.75 Å². The first-order valence-electron chi connectivity index (χ1n) is 15.4. The van der Waals surface area contributed by atoms with Gasteiger partial charge in [0.1, 0.15) is 11.5 Å². The molecule has 0 amide bonds. The van der Waals surface area contributed by atoms with Crippen molar-refractivity contribution in [3.05, 3.63) is 94.8 Å². The molecule has 1 N–H and O–H groups in total. The highest BCUT2D eigenvalue weighted by molar-refractivity contribution is 5.75. The number of hydrogen-bond acceptors (Lipinski definition) is 7. The van der Waals surface area contributed by atoms with E-state index >= 15 is 0 Å². The highest BCUT2D eigenvalue weighted by Crippen LogP contribution is 2.40. The number of alkyl halides is 6. The number of rotatable bonds is 13. The van der Waals surface area contributed by atoms with Crippen LogP contribution in [0.3, 0.4) is 0 Å².